The molecule has 106 valence electrons. The number of benzene rings is 2. The average Bonchev–Trinajstić information content (AvgIpc) is 2.95. The Labute approximate surface area is 121 Å². The molecule has 0 bridgehead atoms. The van der Waals surface area contributed by atoms with Crippen LogP contribution in [-0.4, -0.2) is 27.6 Å². The number of nitrogens with zero attached hydrogens (tertiary/aromatic N) is 3. The first-order valence-electron chi connectivity index (χ1n) is 6.68. The highest BCUT2D eigenvalue weighted by Crippen LogP contribution is 2.27. The lowest BCUT2D eigenvalue weighted by atomic mass is 10.1. The Morgan fingerprint density at radius 3 is 2.71 bits per heavy atom. The largest absolute Gasteiger partial charge is 0.366 e. The van der Waals surface area contributed by atoms with Gasteiger partial charge < -0.3 is 10.6 Å². The zero-order valence-electron chi connectivity index (χ0n) is 11.6. The van der Waals surface area contributed by atoms with Crippen molar-refractivity contribution < 1.29 is 4.79 Å². The molecule has 6 heteroatoms. The summed E-state index contributed by atoms with van der Waals surface area (Å²) in [6, 6.07) is 13.8. The minimum Gasteiger partial charge on any atom is -0.366 e. The quantitative estimate of drug-likeness (QED) is 0.770. The molecule has 1 heterocycles. The van der Waals surface area contributed by atoms with Crippen LogP contribution in [0.5, 0.6) is 0 Å². The lowest BCUT2D eigenvalue weighted by Gasteiger charge is -2.21. The number of aromatic amines is 1. The fourth-order valence-corrected chi connectivity index (χ4v) is 2.37. The van der Waals surface area contributed by atoms with E-state index in [0.717, 1.165) is 16.5 Å². The number of nitrogen functional groups attached to an aromatic ring is 1. The van der Waals surface area contributed by atoms with Gasteiger partial charge >= 0.3 is 0 Å². The number of carbonyl (C=O) groups excluding carboxylic acids is 1. The fourth-order valence-electron chi connectivity index (χ4n) is 2.37. The Hall–Kier alpha value is -2.89. The van der Waals surface area contributed by atoms with E-state index in [0.29, 0.717) is 6.54 Å². The van der Waals surface area contributed by atoms with Crippen molar-refractivity contribution in [3.63, 3.8) is 0 Å². The smallest absolute Gasteiger partial charge is 0.295 e. The van der Waals surface area contributed by atoms with E-state index in [1.165, 1.54) is 0 Å². The SMILES string of the molecule is CCN(C(=O)c1nc(N)n[nH]1)c1cccc2ccccc12. The summed E-state index contributed by atoms with van der Waals surface area (Å²) in [7, 11) is 0. The van der Waals surface area contributed by atoms with Gasteiger partial charge in [-0.3, -0.25) is 9.89 Å². The van der Waals surface area contributed by atoms with E-state index in [2.05, 4.69) is 15.2 Å². The zero-order valence-corrected chi connectivity index (χ0v) is 11.6. The van der Waals surface area contributed by atoms with Crippen molar-refractivity contribution in [2.45, 2.75) is 6.92 Å². The number of amides is 1. The molecule has 0 saturated heterocycles. The molecule has 0 spiro atoms. The Balaban J connectivity index is 2.08. The van der Waals surface area contributed by atoms with Gasteiger partial charge in [-0.2, -0.15) is 4.98 Å². The lowest BCUT2D eigenvalue weighted by molar-refractivity contribution is 0.0979. The van der Waals surface area contributed by atoms with Gasteiger partial charge in [0.1, 0.15) is 0 Å². The molecule has 1 amide bonds. The highest BCUT2D eigenvalue weighted by atomic mass is 16.2. The van der Waals surface area contributed by atoms with Crippen LogP contribution in [0.15, 0.2) is 42.5 Å². The van der Waals surface area contributed by atoms with Crippen LogP contribution in [-0.2, 0) is 0 Å². The number of hydrogen-bond donors (Lipinski definition) is 2. The molecule has 3 rings (SSSR count). The molecule has 2 aromatic carbocycles. The third-order valence-electron chi connectivity index (χ3n) is 3.32. The van der Waals surface area contributed by atoms with Crippen molar-refractivity contribution in [1.29, 1.82) is 0 Å². The maximum atomic E-state index is 12.6. The number of nitrogens with two attached hydrogens (primary N) is 1. The van der Waals surface area contributed by atoms with Gasteiger partial charge in [-0.1, -0.05) is 36.4 Å². The minimum atomic E-state index is -0.252. The molecular formula is C15H15N5O. The van der Waals surface area contributed by atoms with E-state index < -0.39 is 0 Å². The molecule has 0 atom stereocenters. The summed E-state index contributed by atoms with van der Waals surface area (Å²) in [5.74, 6) is -0.0485. The molecule has 0 saturated carbocycles. The van der Waals surface area contributed by atoms with Crippen LogP contribution in [0.25, 0.3) is 10.8 Å². The fraction of sp³-hybridized carbons (Fsp3) is 0.133. The number of fused-ring (bicyclic) bond motifs is 1. The number of H-pyrrole nitrogens is 1. The molecule has 0 aliphatic carbocycles. The molecule has 3 aromatic rings. The first-order chi connectivity index (χ1) is 10.2. The second-order valence-corrected chi connectivity index (χ2v) is 4.59. The summed E-state index contributed by atoms with van der Waals surface area (Å²) in [4.78, 5) is 18.1. The van der Waals surface area contributed by atoms with E-state index in [4.69, 9.17) is 5.73 Å². The van der Waals surface area contributed by atoms with Crippen molar-refractivity contribution in [3.05, 3.63) is 48.3 Å². The van der Waals surface area contributed by atoms with E-state index in [9.17, 15) is 4.79 Å². The van der Waals surface area contributed by atoms with Gasteiger partial charge in [0.2, 0.25) is 11.8 Å². The highest BCUT2D eigenvalue weighted by Gasteiger charge is 2.21. The number of aromatic nitrogens is 3. The highest BCUT2D eigenvalue weighted by molar-refractivity contribution is 6.09. The number of hydrogen-bond acceptors (Lipinski definition) is 4. The molecular weight excluding hydrogens is 266 g/mol. The first-order valence-corrected chi connectivity index (χ1v) is 6.68. The van der Waals surface area contributed by atoms with Crippen LogP contribution < -0.4 is 10.6 Å². The predicted molar refractivity (Wildman–Crippen MR) is 82.1 cm³/mol. The molecule has 6 nitrogen and oxygen atoms in total. The molecule has 0 radical (unpaired) electrons. The van der Waals surface area contributed by atoms with Crippen LogP contribution >= 0.6 is 0 Å². The molecule has 0 aliphatic heterocycles. The van der Waals surface area contributed by atoms with Crippen LogP contribution in [0.4, 0.5) is 11.6 Å². The van der Waals surface area contributed by atoms with E-state index in [1.807, 2.05) is 49.4 Å². The number of nitrogens with one attached hydrogen (secondary N) is 1. The number of anilines is 2. The van der Waals surface area contributed by atoms with Crippen molar-refractivity contribution in [2.24, 2.45) is 0 Å². The van der Waals surface area contributed by atoms with Gasteiger partial charge in [0, 0.05) is 11.9 Å². The molecule has 0 fully saturated rings. The second-order valence-electron chi connectivity index (χ2n) is 4.59. The topological polar surface area (TPSA) is 87.9 Å². The molecule has 0 aliphatic rings. The summed E-state index contributed by atoms with van der Waals surface area (Å²) in [6.07, 6.45) is 0. The summed E-state index contributed by atoms with van der Waals surface area (Å²) in [5.41, 5.74) is 6.31. The van der Waals surface area contributed by atoms with Crippen molar-refractivity contribution in [3.8, 4) is 0 Å². The summed E-state index contributed by atoms with van der Waals surface area (Å²) < 4.78 is 0. The van der Waals surface area contributed by atoms with Gasteiger partial charge in [-0.05, 0) is 18.4 Å². The Bertz CT molecular complexity index is 790. The van der Waals surface area contributed by atoms with Gasteiger partial charge in [0.05, 0.1) is 5.69 Å². The predicted octanol–water partition coefficient (Wildman–Crippen LogP) is 2.21. The van der Waals surface area contributed by atoms with Gasteiger partial charge in [0.25, 0.3) is 5.91 Å². The standard InChI is InChI=1S/C15H15N5O/c1-2-20(14(21)13-17-15(16)19-18-13)12-9-5-7-10-6-3-4-8-11(10)12/h3-9H,2H2,1H3,(H3,16,17,18,19). The molecule has 0 unspecified atom stereocenters. The zero-order chi connectivity index (χ0) is 14.8. The Morgan fingerprint density at radius 1 is 1.24 bits per heavy atom. The summed E-state index contributed by atoms with van der Waals surface area (Å²) >= 11 is 0. The summed E-state index contributed by atoms with van der Waals surface area (Å²) in [6.45, 7) is 2.44. The maximum absolute atomic E-state index is 12.6. The van der Waals surface area contributed by atoms with Crippen LogP contribution in [0.2, 0.25) is 0 Å². The average molecular weight is 281 g/mol. The third-order valence-corrected chi connectivity index (χ3v) is 3.32. The normalized spacial score (nSPS) is 10.7. The van der Waals surface area contributed by atoms with E-state index in [-0.39, 0.29) is 17.7 Å². The van der Waals surface area contributed by atoms with Crippen LogP contribution in [0.3, 0.4) is 0 Å². The van der Waals surface area contributed by atoms with Crippen molar-refractivity contribution >= 4 is 28.3 Å². The van der Waals surface area contributed by atoms with E-state index in [1.54, 1.807) is 4.90 Å². The molecule has 1 aromatic heterocycles. The van der Waals surface area contributed by atoms with Crippen LogP contribution in [0, 0.1) is 0 Å². The Morgan fingerprint density at radius 2 is 2.00 bits per heavy atom. The Kier molecular flexibility index (Phi) is 3.27. The minimum absolute atomic E-state index is 0.0623. The summed E-state index contributed by atoms with van der Waals surface area (Å²) in [5, 5.41) is 8.36. The van der Waals surface area contributed by atoms with Gasteiger partial charge in [-0.15, -0.1) is 5.10 Å². The van der Waals surface area contributed by atoms with Gasteiger partial charge in [0.15, 0.2) is 0 Å². The van der Waals surface area contributed by atoms with Gasteiger partial charge in [-0.25, -0.2) is 0 Å². The maximum Gasteiger partial charge on any atom is 0.295 e. The number of carbonyl (C=O) groups is 1. The van der Waals surface area contributed by atoms with Crippen molar-refractivity contribution in [1.82, 2.24) is 15.2 Å². The van der Waals surface area contributed by atoms with E-state index >= 15 is 0 Å². The number of rotatable bonds is 3. The molecule has 21 heavy (non-hydrogen) atoms. The first kappa shape index (κ1) is 13.1. The second kappa shape index (κ2) is 5.24. The molecule has 3 N–H and O–H groups in total. The third kappa shape index (κ3) is 2.31. The monoisotopic (exact) mass is 281 g/mol. The van der Waals surface area contributed by atoms with Crippen molar-refractivity contribution in [2.75, 3.05) is 17.2 Å². The lowest BCUT2D eigenvalue weighted by Crippen LogP contribution is -2.31. The van der Waals surface area contributed by atoms with Crippen LogP contribution in [0.1, 0.15) is 17.5 Å².